The average molecular weight is 163 g/mol. The molecular formula is C10H10O2. The second-order valence-electron chi connectivity index (χ2n) is 2.27. The molecule has 0 spiro atoms. The standard InChI is InChI=1S/C10H10O2/c1-12-10(11)8-7-9-5-3-2-4-6-9/h2-8H,1H3/b8-7+/i10+1. The summed E-state index contributed by atoms with van der Waals surface area (Å²) in [6.45, 7) is 0. The third-order valence-corrected chi connectivity index (χ3v) is 1.41. The predicted octanol–water partition coefficient (Wildman–Crippen LogP) is 1.87. The summed E-state index contributed by atoms with van der Waals surface area (Å²) in [5.41, 5.74) is 0.989. The van der Waals surface area contributed by atoms with Crippen LogP contribution in [0.1, 0.15) is 5.56 Å². The Kier molecular flexibility index (Phi) is 3.08. The van der Waals surface area contributed by atoms with Crippen LogP contribution in [0.4, 0.5) is 0 Å². The number of hydrogen-bond donors (Lipinski definition) is 0. The fourth-order valence-electron chi connectivity index (χ4n) is 0.796. The Morgan fingerprint density at radius 3 is 2.58 bits per heavy atom. The van der Waals surface area contributed by atoms with Crippen molar-refractivity contribution in [3.8, 4) is 0 Å². The summed E-state index contributed by atoms with van der Waals surface area (Å²) in [4.78, 5) is 10.7. The van der Waals surface area contributed by atoms with Crippen molar-refractivity contribution in [2.24, 2.45) is 0 Å². The highest BCUT2D eigenvalue weighted by molar-refractivity contribution is 5.86. The van der Waals surface area contributed by atoms with E-state index < -0.39 is 0 Å². The van der Waals surface area contributed by atoms with Crippen LogP contribution in [0, 0.1) is 0 Å². The molecule has 0 aromatic heterocycles. The van der Waals surface area contributed by atoms with Gasteiger partial charge in [-0.25, -0.2) is 4.79 Å². The van der Waals surface area contributed by atoms with Gasteiger partial charge in [0.25, 0.3) is 0 Å². The Bertz CT molecular complexity index is 275. The van der Waals surface area contributed by atoms with Crippen molar-refractivity contribution >= 4 is 12.0 Å². The molecule has 0 aliphatic rings. The van der Waals surface area contributed by atoms with Crippen molar-refractivity contribution in [1.82, 2.24) is 0 Å². The first kappa shape index (κ1) is 8.53. The van der Waals surface area contributed by atoms with Crippen LogP contribution in [0.25, 0.3) is 6.08 Å². The van der Waals surface area contributed by atoms with Crippen molar-refractivity contribution < 1.29 is 9.53 Å². The lowest BCUT2D eigenvalue weighted by Crippen LogP contribution is -1.92. The van der Waals surface area contributed by atoms with Gasteiger partial charge in [0.2, 0.25) is 0 Å². The molecule has 1 aromatic carbocycles. The molecule has 62 valence electrons. The van der Waals surface area contributed by atoms with E-state index in [-0.39, 0.29) is 5.97 Å². The van der Waals surface area contributed by atoms with Gasteiger partial charge in [-0.1, -0.05) is 30.3 Å². The molecule has 0 aliphatic heterocycles. The van der Waals surface area contributed by atoms with Crippen LogP contribution in [0.5, 0.6) is 0 Å². The number of carbonyl (C=O) groups excluding carboxylic acids is 1. The maximum atomic E-state index is 10.7. The monoisotopic (exact) mass is 163 g/mol. The van der Waals surface area contributed by atoms with Gasteiger partial charge in [-0.05, 0) is 11.6 Å². The summed E-state index contributed by atoms with van der Waals surface area (Å²) < 4.78 is 4.45. The van der Waals surface area contributed by atoms with Crippen molar-refractivity contribution in [3.05, 3.63) is 42.0 Å². The Balaban J connectivity index is 2.64. The van der Waals surface area contributed by atoms with Crippen LogP contribution in [0.3, 0.4) is 0 Å². The minimum Gasteiger partial charge on any atom is -0.466 e. The van der Waals surface area contributed by atoms with Gasteiger partial charge in [-0.2, -0.15) is 0 Å². The van der Waals surface area contributed by atoms with E-state index in [9.17, 15) is 4.79 Å². The van der Waals surface area contributed by atoms with E-state index in [0.717, 1.165) is 5.56 Å². The molecular weight excluding hydrogens is 153 g/mol. The molecule has 0 bridgehead atoms. The van der Waals surface area contributed by atoms with Gasteiger partial charge in [0, 0.05) is 6.08 Å². The van der Waals surface area contributed by atoms with Crippen molar-refractivity contribution in [2.75, 3.05) is 7.11 Å². The van der Waals surface area contributed by atoms with E-state index >= 15 is 0 Å². The summed E-state index contributed by atoms with van der Waals surface area (Å²) in [5, 5.41) is 0. The lowest BCUT2D eigenvalue weighted by Gasteiger charge is -1.91. The number of esters is 1. The summed E-state index contributed by atoms with van der Waals surface area (Å²) in [7, 11) is 1.36. The van der Waals surface area contributed by atoms with Crippen LogP contribution in [0.15, 0.2) is 36.4 Å². The normalized spacial score (nSPS) is 10.1. The zero-order valence-corrected chi connectivity index (χ0v) is 6.86. The number of hydrogen-bond acceptors (Lipinski definition) is 2. The lowest BCUT2D eigenvalue weighted by molar-refractivity contribution is -0.134. The molecule has 0 N–H and O–H groups in total. The van der Waals surface area contributed by atoms with Gasteiger partial charge in [0.1, 0.15) is 0 Å². The molecule has 0 heterocycles. The van der Waals surface area contributed by atoms with Crippen LogP contribution in [-0.4, -0.2) is 13.1 Å². The first-order chi connectivity index (χ1) is 5.83. The number of ether oxygens (including phenoxy) is 1. The van der Waals surface area contributed by atoms with Crippen molar-refractivity contribution in [3.63, 3.8) is 0 Å². The fourth-order valence-corrected chi connectivity index (χ4v) is 0.796. The molecule has 0 fully saturated rings. The van der Waals surface area contributed by atoms with E-state index in [1.54, 1.807) is 6.08 Å². The first-order valence-electron chi connectivity index (χ1n) is 3.64. The Hall–Kier alpha value is -1.57. The molecule has 0 radical (unpaired) electrons. The molecule has 0 amide bonds. The van der Waals surface area contributed by atoms with Crippen LogP contribution >= 0.6 is 0 Å². The number of benzene rings is 1. The second kappa shape index (κ2) is 4.34. The third kappa shape index (κ3) is 2.58. The quantitative estimate of drug-likeness (QED) is 0.378. The van der Waals surface area contributed by atoms with E-state index in [1.165, 1.54) is 13.2 Å². The van der Waals surface area contributed by atoms with Crippen LogP contribution in [-0.2, 0) is 9.53 Å². The minimum absolute atomic E-state index is 0.334. The summed E-state index contributed by atoms with van der Waals surface area (Å²) in [6.07, 6.45) is 3.11. The Morgan fingerprint density at radius 2 is 2.00 bits per heavy atom. The molecule has 1 rings (SSSR count). The van der Waals surface area contributed by atoms with E-state index in [1.807, 2.05) is 30.3 Å². The number of rotatable bonds is 2. The Morgan fingerprint density at radius 1 is 1.33 bits per heavy atom. The molecule has 1 aromatic rings. The highest BCUT2D eigenvalue weighted by Gasteiger charge is 1.89. The summed E-state index contributed by atoms with van der Waals surface area (Å²) in [5.74, 6) is -0.334. The van der Waals surface area contributed by atoms with Gasteiger partial charge in [-0.15, -0.1) is 0 Å². The van der Waals surface area contributed by atoms with E-state index in [0.29, 0.717) is 0 Å². The maximum absolute atomic E-state index is 10.7. The second-order valence-corrected chi connectivity index (χ2v) is 2.27. The SMILES string of the molecule is CO[13C](=O)/C=C/c1ccccc1. The van der Waals surface area contributed by atoms with E-state index in [4.69, 9.17) is 0 Å². The molecule has 0 atom stereocenters. The zero-order chi connectivity index (χ0) is 8.81. The minimum atomic E-state index is -0.334. The maximum Gasteiger partial charge on any atom is 0.330 e. The van der Waals surface area contributed by atoms with Gasteiger partial charge in [0.15, 0.2) is 0 Å². The van der Waals surface area contributed by atoms with Gasteiger partial charge >= 0.3 is 5.97 Å². The molecule has 0 saturated carbocycles. The zero-order valence-electron chi connectivity index (χ0n) is 6.86. The fraction of sp³-hybridized carbons (Fsp3) is 0.100. The van der Waals surface area contributed by atoms with Crippen LogP contribution in [0.2, 0.25) is 0 Å². The molecule has 12 heavy (non-hydrogen) atoms. The molecule has 0 saturated heterocycles. The highest BCUT2D eigenvalue weighted by atomic mass is 16.6. The largest absolute Gasteiger partial charge is 0.466 e. The van der Waals surface area contributed by atoms with Gasteiger partial charge in [0.05, 0.1) is 7.11 Å². The summed E-state index contributed by atoms with van der Waals surface area (Å²) >= 11 is 0. The van der Waals surface area contributed by atoms with E-state index in [2.05, 4.69) is 4.74 Å². The molecule has 0 aliphatic carbocycles. The Labute approximate surface area is 71.5 Å². The number of methoxy groups -OCH3 is 1. The molecule has 2 nitrogen and oxygen atoms in total. The molecule has 2 heteroatoms. The average Bonchev–Trinajstić information content (AvgIpc) is 2.16. The summed E-state index contributed by atoms with van der Waals surface area (Å²) in [6, 6.07) is 9.59. The third-order valence-electron chi connectivity index (χ3n) is 1.41. The lowest BCUT2D eigenvalue weighted by atomic mass is 10.2. The van der Waals surface area contributed by atoms with Gasteiger partial charge < -0.3 is 4.74 Å². The van der Waals surface area contributed by atoms with Crippen molar-refractivity contribution in [1.29, 1.82) is 0 Å². The number of carbonyl (C=O) groups is 1. The van der Waals surface area contributed by atoms with Crippen LogP contribution < -0.4 is 0 Å². The van der Waals surface area contributed by atoms with Crippen molar-refractivity contribution in [2.45, 2.75) is 0 Å². The first-order valence-corrected chi connectivity index (χ1v) is 3.64. The smallest absolute Gasteiger partial charge is 0.330 e. The van der Waals surface area contributed by atoms with Gasteiger partial charge in [-0.3, -0.25) is 0 Å². The molecule has 0 unspecified atom stereocenters. The predicted molar refractivity (Wildman–Crippen MR) is 47.5 cm³/mol. The topological polar surface area (TPSA) is 26.3 Å². The highest BCUT2D eigenvalue weighted by Crippen LogP contribution is 2.00.